The van der Waals surface area contributed by atoms with Gasteiger partial charge in [-0.05, 0) is 37.1 Å². The molecule has 4 heterocycles. The van der Waals surface area contributed by atoms with Gasteiger partial charge in [0, 0.05) is 24.8 Å². The van der Waals surface area contributed by atoms with Gasteiger partial charge in [-0.15, -0.1) is 10.2 Å². The van der Waals surface area contributed by atoms with Gasteiger partial charge in [0.05, 0.1) is 34.2 Å². The summed E-state index contributed by atoms with van der Waals surface area (Å²) in [5.41, 5.74) is 4.99. The van der Waals surface area contributed by atoms with Crippen molar-refractivity contribution in [2.24, 2.45) is 0 Å². The van der Waals surface area contributed by atoms with Gasteiger partial charge in [-0.25, -0.2) is 4.52 Å². The largest absolute Gasteiger partial charge is 0.483 e. The Morgan fingerprint density at radius 3 is 2.73 bits per heavy atom. The number of hydrogen-bond acceptors (Lipinski definition) is 8. The maximum Gasteiger partial charge on any atom is 0.290 e. The summed E-state index contributed by atoms with van der Waals surface area (Å²) in [4.78, 5) is 13.1. The van der Waals surface area contributed by atoms with Crippen molar-refractivity contribution in [3.05, 3.63) is 47.2 Å². The van der Waals surface area contributed by atoms with Crippen LogP contribution in [-0.4, -0.2) is 43.4 Å². The quantitative estimate of drug-likeness (QED) is 0.423. The number of anilines is 1. The van der Waals surface area contributed by atoms with E-state index >= 15 is 0 Å². The SMILES string of the molecule is CNc1cc(-c2ccc3cc(C#N)cnn23)ncc1-c1nnc(C2CCCCC2)s1.O=CO. The van der Waals surface area contributed by atoms with E-state index in [0.29, 0.717) is 11.5 Å². The van der Waals surface area contributed by atoms with Gasteiger partial charge in [0.15, 0.2) is 5.01 Å². The summed E-state index contributed by atoms with van der Waals surface area (Å²) < 4.78 is 1.80. The average Bonchev–Trinajstić information content (AvgIpc) is 3.52. The first-order valence-corrected chi connectivity index (χ1v) is 11.5. The van der Waals surface area contributed by atoms with E-state index in [1.807, 2.05) is 37.5 Å². The summed E-state index contributed by atoms with van der Waals surface area (Å²) in [5, 5.41) is 34.7. The van der Waals surface area contributed by atoms with Crippen LogP contribution in [0.3, 0.4) is 0 Å². The zero-order chi connectivity index (χ0) is 23.2. The van der Waals surface area contributed by atoms with Crippen molar-refractivity contribution >= 4 is 29.0 Å². The number of carboxylic acid groups (broad SMARTS) is 1. The van der Waals surface area contributed by atoms with E-state index in [1.54, 1.807) is 22.0 Å². The summed E-state index contributed by atoms with van der Waals surface area (Å²) in [6.45, 7) is -0.250. The summed E-state index contributed by atoms with van der Waals surface area (Å²) in [5.74, 6) is 0.548. The molecule has 10 heteroatoms. The van der Waals surface area contributed by atoms with Crippen molar-refractivity contribution in [3.8, 4) is 28.0 Å². The van der Waals surface area contributed by atoms with Crippen LogP contribution in [-0.2, 0) is 4.79 Å². The molecule has 168 valence electrons. The molecule has 0 radical (unpaired) electrons. The standard InChI is InChI=1S/C22H21N7S.CH2O2/c1-24-18-10-19(20-8-7-16-9-14(11-23)12-26-29(16)20)25-13-17(18)22-28-27-21(30-22)15-5-3-2-4-6-15;2-1-3/h7-10,12-13,15H,2-6H2,1H3,(H,24,25);1H,(H,2,3). The van der Waals surface area contributed by atoms with Gasteiger partial charge in [-0.2, -0.15) is 10.4 Å². The van der Waals surface area contributed by atoms with Crippen molar-refractivity contribution in [2.45, 2.75) is 38.0 Å². The molecule has 1 fully saturated rings. The van der Waals surface area contributed by atoms with Gasteiger partial charge in [0.25, 0.3) is 6.47 Å². The predicted octanol–water partition coefficient (Wildman–Crippen LogP) is 4.58. The minimum Gasteiger partial charge on any atom is -0.483 e. The summed E-state index contributed by atoms with van der Waals surface area (Å²) in [7, 11) is 1.90. The molecule has 0 saturated heterocycles. The monoisotopic (exact) mass is 461 g/mol. The molecule has 1 saturated carbocycles. The number of fused-ring (bicyclic) bond motifs is 1. The van der Waals surface area contributed by atoms with Gasteiger partial charge in [0.2, 0.25) is 0 Å². The van der Waals surface area contributed by atoms with E-state index in [0.717, 1.165) is 38.2 Å². The number of nitriles is 1. The second-order valence-electron chi connectivity index (χ2n) is 7.66. The second-order valence-corrected chi connectivity index (χ2v) is 8.67. The molecule has 0 aromatic carbocycles. The zero-order valence-electron chi connectivity index (χ0n) is 18.1. The van der Waals surface area contributed by atoms with Crippen molar-refractivity contribution in [3.63, 3.8) is 0 Å². The van der Waals surface area contributed by atoms with Crippen LogP contribution in [0.1, 0.15) is 48.6 Å². The third-order valence-electron chi connectivity index (χ3n) is 5.69. The highest BCUT2D eigenvalue weighted by Crippen LogP contribution is 2.38. The van der Waals surface area contributed by atoms with Crippen LogP contribution in [0.25, 0.3) is 27.5 Å². The molecule has 0 amide bonds. The molecule has 4 aromatic heterocycles. The van der Waals surface area contributed by atoms with E-state index in [2.05, 4.69) is 26.7 Å². The van der Waals surface area contributed by atoms with Gasteiger partial charge in [-0.3, -0.25) is 9.78 Å². The fraction of sp³-hybridized carbons (Fsp3) is 0.304. The normalized spacial score (nSPS) is 13.7. The number of rotatable bonds is 4. The molecule has 4 aromatic rings. The lowest BCUT2D eigenvalue weighted by Crippen LogP contribution is -2.03. The maximum absolute atomic E-state index is 9.08. The van der Waals surface area contributed by atoms with Crippen LogP contribution >= 0.6 is 11.3 Å². The van der Waals surface area contributed by atoms with Crippen LogP contribution in [0.15, 0.2) is 36.7 Å². The minimum absolute atomic E-state index is 0.250. The van der Waals surface area contributed by atoms with Crippen molar-refractivity contribution in [1.29, 1.82) is 5.26 Å². The Hall–Kier alpha value is -3.84. The molecule has 0 unspecified atom stereocenters. The summed E-state index contributed by atoms with van der Waals surface area (Å²) in [6.07, 6.45) is 9.75. The fourth-order valence-electron chi connectivity index (χ4n) is 4.08. The number of nitrogens with one attached hydrogen (secondary N) is 1. The van der Waals surface area contributed by atoms with Crippen molar-refractivity contribution < 1.29 is 9.90 Å². The van der Waals surface area contributed by atoms with Crippen molar-refractivity contribution in [1.82, 2.24) is 24.8 Å². The van der Waals surface area contributed by atoms with Gasteiger partial charge in [0.1, 0.15) is 11.1 Å². The number of hydrogen-bond donors (Lipinski definition) is 2. The lowest BCUT2D eigenvalue weighted by Gasteiger charge is -2.18. The Morgan fingerprint density at radius 1 is 1.21 bits per heavy atom. The van der Waals surface area contributed by atoms with E-state index in [4.69, 9.17) is 20.1 Å². The molecule has 1 aliphatic rings. The molecule has 5 rings (SSSR count). The first-order valence-electron chi connectivity index (χ1n) is 10.7. The average molecular weight is 462 g/mol. The van der Waals surface area contributed by atoms with Gasteiger partial charge in [-0.1, -0.05) is 30.6 Å². The van der Waals surface area contributed by atoms with Crippen molar-refractivity contribution in [2.75, 3.05) is 12.4 Å². The van der Waals surface area contributed by atoms with E-state index in [9.17, 15) is 0 Å². The highest BCUT2D eigenvalue weighted by molar-refractivity contribution is 7.14. The molecule has 0 aliphatic heterocycles. The third kappa shape index (κ3) is 4.68. The molecule has 2 N–H and O–H groups in total. The van der Waals surface area contributed by atoms with E-state index < -0.39 is 0 Å². The van der Waals surface area contributed by atoms with Crippen LogP contribution in [0.4, 0.5) is 5.69 Å². The molecule has 1 aliphatic carbocycles. The number of aromatic nitrogens is 5. The smallest absolute Gasteiger partial charge is 0.290 e. The van der Waals surface area contributed by atoms with E-state index in [1.165, 1.54) is 32.1 Å². The molecular formula is C23H23N7O2S. The lowest BCUT2D eigenvalue weighted by atomic mass is 9.90. The van der Waals surface area contributed by atoms with E-state index in [-0.39, 0.29) is 6.47 Å². The Balaban J connectivity index is 0.000000821. The first-order chi connectivity index (χ1) is 16.2. The maximum atomic E-state index is 9.08. The zero-order valence-corrected chi connectivity index (χ0v) is 18.9. The lowest BCUT2D eigenvalue weighted by molar-refractivity contribution is -0.122. The second kappa shape index (κ2) is 10.2. The van der Waals surface area contributed by atoms with Crippen LogP contribution in [0.5, 0.6) is 0 Å². The Kier molecular flexibility index (Phi) is 6.90. The number of carbonyl (C=O) groups is 1. The Morgan fingerprint density at radius 2 is 2.00 bits per heavy atom. The molecule has 0 spiro atoms. The van der Waals surface area contributed by atoms with Crippen LogP contribution in [0.2, 0.25) is 0 Å². The molecule has 0 atom stereocenters. The predicted molar refractivity (Wildman–Crippen MR) is 126 cm³/mol. The number of pyridine rings is 1. The topological polar surface area (TPSA) is 129 Å². The first kappa shape index (κ1) is 22.4. The van der Waals surface area contributed by atoms with Crippen LogP contribution < -0.4 is 5.32 Å². The Bertz CT molecular complexity index is 1300. The van der Waals surface area contributed by atoms with Gasteiger partial charge < -0.3 is 10.4 Å². The third-order valence-corrected chi connectivity index (χ3v) is 6.81. The highest BCUT2D eigenvalue weighted by Gasteiger charge is 2.21. The summed E-state index contributed by atoms with van der Waals surface area (Å²) >= 11 is 1.68. The Labute approximate surface area is 194 Å². The molecule has 0 bridgehead atoms. The number of nitrogens with zero attached hydrogens (tertiary/aromatic N) is 6. The summed E-state index contributed by atoms with van der Waals surface area (Å²) in [6, 6.07) is 9.87. The van der Waals surface area contributed by atoms with Gasteiger partial charge >= 0.3 is 0 Å². The molecule has 33 heavy (non-hydrogen) atoms. The molecule has 9 nitrogen and oxygen atoms in total. The molecular weight excluding hydrogens is 438 g/mol. The fourth-order valence-corrected chi connectivity index (χ4v) is 5.12. The highest BCUT2D eigenvalue weighted by atomic mass is 32.1. The van der Waals surface area contributed by atoms with Crippen LogP contribution in [0, 0.1) is 11.3 Å². The minimum atomic E-state index is -0.250.